The van der Waals surface area contributed by atoms with Gasteiger partial charge in [-0.2, -0.15) is 10.2 Å². The molecule has 1 aliphatic heterocycles. The fourth-order valence-corrected chi connectivity index (χ4v) is 4.28. The second-order valence-electron chi connectivity index (χ2n) is 8.62. The van der Waals surface area contributed by atoms with Gasteiger partial charge in [-0.3, -0.25) is 5.10 Å². The first-order valence-electron chi connectivity index (χ1n) is 10.9. The molecule has 31 heavy (non-hydrogen) atoms. The third-order valence-corrected chi connectivity index (χ3v) is 6.17. The van der Waals surface area contributed by atoms with Crippen molar-refractivity contribution in [1.82, 2.24) is 20.1 Å². The summed E-state index contributed by atoms with van der Waals surface area (Å²) in [6, 6.07) is 5.45. The molecule has 1 saturated carbocycles. The zero-order valence-corrected chi connectivity index (χ0v) is 18.1. The molecule has 1 fully saturated rings. The highest BCUT2D eigenvalue weighted by molar-refractivity contribution is 5.91. The number of rotatable bonds is 6. The Morgan fingerprint density at radius 3 is 2.71 bits per heavy atom. The molecule has 1 aliphatic carbocycles. The minimum atomic E-state index is -0.375. The van der Waals surface area contributed by atoms with Gasteiger partial charge < -0.3 is 10.0 Å². The number of aromatic amines is 1. The molecule has 7 nitrogen and oxygen atoms in total. The molecule has 2 aliphatic rings. The topological polar surface area (TPSA) is 80.6 Å². The summed E-state index contributed by atoms with van der Waals surface area (Å²) in [4.78, 5) is 6.74. The number of hydrogen-bond donors (Lipinski definition) is 2. The Labute approximate surface area is 180 Å². The van der Waals surface area contributed by atoms with Crippen LogP contribution >= 0.6 is 0 Å². The van der Waals surface area contributed by atoms with E-state index in [0.717, 1.165) is 27.9 Å². The van der Waals surface area contributed by atoms with Gasteiger partial charge in [0.15, 0.2) is 11.7 Å². The molecule has 162 valence electrons. The number of aliphatic hydroxyl groups excluding tert-OH is 1. The van der Waals surface area contributed by atoms with Gasteiger partial charge in [-0.1, -0.05) is 13.8 Å². The molecular weight excluding hydrogens is 395 g/mol. The number of fused-ring (bicyclic) bond motifs is 1. The van der Waals surface area contributed by atoms with Gasteiger partial charge >= 0.3 is 0 Å². The minimum absolute atomic E-state index is 0.171. The number of likely N-dealkylation sites (N-methyl/N-ethyl adjacent to an activating group) is 1. The van der Waals surface area contributed by atoms with Crippen LogP contribution in [0.2, 0.25) is 0 Å². The smallest absolute Gasteiger partial charge is 0.152 e. The van der Waals surface area contributed by atoms with Crippen molar-refractivity contribution in [2.75, 3.05) is 24.8 Å². The first-order valence-corrected chi connectivity index (χ1v) is 10.9. The molecule has 0 radical (unpaired) electrons. The van der Waals surface area contributed by atoms with E-state index in [2.05, 4.69) is 35.2 Å². The minimum Gasteiger partial charge on any atom is -0.388 e. The molecule has 2 aromatic heterocycles. The van der Waals surface area contributed by atoms with Gasteiger partial charge in [0, 0.05) is 35.2 Å². The first kappa shape index (κ1) is 19.9. The number of nitrogens with zero attached hydrogens (tertiary/aromatic N) is 5. The van der Waals surface area contributed by atoms with Crippen molar-refractivity contribution in [2.24, 2.45) is 5.10 Å². The van der Waals surface area contributed by atoms with Gasteiger partial charge in [0.2, 0.25) is 0 Å². The van der Waals surface area contributed by atoms with Crippen molar-refractivity contribution < 1.29 is 9.50 Å². The number of halogens is 1. The molecule has 3 heterocycles. The second kappa shape index (κ2) is 7.60. The molecule has 8 heteroatoms. The maximum absolute atomic E-state index is 15.2. The Morgan fingerprint density at radius 1 is 1.26 bits per heavy atom. The van der Waals surface area contributed by atoms with E-state index in [1.54, 1.807) is 5.01 Å². The summed E-state index contributed by atoms with van der Waals surface area (Å²) in [6.07, 6.45) is 4.16. The van der Waals surface area contributed by atoms with Gasteiger partial charge in [0.25, 0.3) is 0 Å². The summed E-state index contributed by atoms with van der Waals surface area (Å²) in [6.45, 7) is 7.19. The van der Waals surface area contributed by atoms with Crippen molar-refractivity contribution in [1.29, 1.82) is 0 Å². The molecule has 0 saturated heterocycles. The summed E-state index contributed by atoms with van der Waals surface area (Å²) >= 11 is 0. The van der Waals surface area contributed by atoms with Gasteiger partial charge in [0.05, 0.1) is 23.1 Å². The number of nitrogens with one attached hydrogen (secondary N) is 1. The standard InChI is InChI=1S/C23H27FN6O/c1-4-29-12-30(28-22(29)11-31)21-8-16-15(13(2)3)7-19(26-20(16)9-18(21)24)17-10-25-27-23(17)14-5-6-14/h7-10,13-14,31H,4-6,11-12H2,1-3H3,(H,25,27). The van der Waals surface area contributed by atoms with Gasteiger partial charge in [-0.15, -0.1) is 0 Å². The lowest BCUT2D eigenvalue weighted by molar-refractivity contribution is 0.332. The third kappa shape index (κ3) is 3.44. The summed E-state index contributed by atoms with van der Waals surface area (Å²) in [7, 11) is 0. The number of amidine groups is 1. The normalized spacial score (nSPS) is 16.6. The van der Waals surface area contributed by atoms with Gasteiger partial charge in [-0.05, 0) is 43.4 Å². The Hall–Kier alpha value is -3.00. The van der Waals surface area contributed by atoms with Crippen molar-refractivity contribution in [3.8, 4) is 11.3 Å². The number of H-pyrrole nitrogens is 1. The van der Waals surface area contributed by atoms with Crippen LogP contribution in [0, 0.1) is 5.82 Å². The van der Waals surface area contributed by atoms with Gasteiger partial charge in [-0.25, -0.2) is 14.4 Å². The average molecular weight is 423 g/mol. The Balaban J connectivity index is 1.63. The van der Waals surface area contributed by atoms with E-state index in [1.807, 2.05) is 24.1 Å². The molecule has 1 aromatic carbocycles. The predicted octanol–water partition coefficient (Wildman–Crippen LogP) is 4.17. The van der Waals surface area contributed by atoms with Crippen molar-refractivity contribution >= 4 is 22.4 Å². The van der Waals surface area contributed by atoms with E-state index in [1.165, 1.54) is 18.9 Å². The summed E-state index contributed by atoms with van der Waals surface area (Å²) in [5.41, 5.74) is 5.10. The van der Waals surface area contributed by atoms with Crippen LogP contribution in [0.15, 0.2) is 29.5 Å². The van der Waals surface area contributed by atoms with E-state index in [-0.39, 0.29) is 18.3 Å². The number of hydrazone groups is 1. The molecule has 0 spiro atoms. The molecule has 3 aromatic rings. The van der Waals surface area contributed by atoms with Crippen molar-refractivity contribution in [3.05, 3.63) is 41.5 Å². The van der Waals surface area contributed by atoms with Gasteiger partial charge in [0.1, 0.15) is 13.3 Å². The van der Waals surface area contributed by atoms with E-state index in [9.17, 15) is 5.11 Å². The van der Waals surface area contributed by atoms with E-state index < -0.39 is 0 Å². The Bertz CT molecular complexity index is 1170. The summed E-state index contributed by atoms with van der Waals surface area (Å²) in [5, 5.41) is 23.9. The first-order chi connectivity index (χ1) is 15.0. The monoisotopic (exact) mass is 422 g/mol. The van der Waals surface area contributed by atoms with Crippen LogP contribution in [0.4, 0.5) is 10.1 Å². The molecule has 5 rings (SSSR count). The molecule has 0 unspecified atom stereocenters. The molecular formula is C23H27FN6O. The lowest BCUT2D eigenvalue weighted by Crippen LogP contribution is -2.32. The van der Waals surface area contributed by atoms with E-state index in [4.69, 9.17) is 4.98 Å². The predicted molar refractivity (Wildman–Crippen MR) is 120 cm³/mol. The quantitative estimate of drug-likeness (QED) is 0.623. The van der Waals surface area contributed by atoms with Crippen LogP contribution in [0.3, 0.4) is 0 Å². The number of pyridine rings is 1. The highest BCUT2D eigenvalue weighted by atomic mass is 19.1. The SMILES string of the molecule is CCN1CN(c2cc3c(C(C)C)cc(-c4cn[nH]c4C4CC4)nc3cc2F)N=C1CO. The number of benzene rings is 1. The maximum Gasteiger partial charge on any atom is 0.152 e. The van der Waals surface area contributed by atoms with Crippen LogP contribution in [0.25, 0.3) is 22.2 Å². The zero-order chi connectivity index (χ0) is 21.7. The highest BCUT2D eigenvalue weighted by Crippen LogP contribution is 2.43. The van der Waals surface area contributed by atoms with Crippen molar-refractivity contribution in [3.63, 3.8) is 0 Å². The van der Waals surface area contributed by atoms with Crippen LogP contribution in [0.5, 0.6) is 0 Å². The third-order valence-electron chi connectivity index (χ3n) is 6.17. The second-order valence-corrected chi connectivity index (χ2v) is 8.62. The fraction of sp³-hybridized carbons (Fsp3) is 0.435. The van der Waals surface area contributed by atoms with Crippen LogP contribution in [0.1, 0.15) is 56.7 Å². The Kier molecular flexibility index (Phi) is 4.89. The molecule has 0 bridgehead atoms. The molecule has 0 atom stereocenters. The summed E-state index contributed by atoms with van der Waals surface area (Å²) < 4.78 is 15.2. The van der Waals surface area contributed by atoms with Crippen LogP contribution in [-0.4, -0.2) is 50.8 Å². The largest absolute Gasteiger partial charge is 0.388 e. The molecule has 2 N–H and O–H groups in total. The van der Waals surface area contributed by atoms with Crippen LogP contribution in [-0.2, 0) is 0 Å². The Morgan fingerprint density at radius 2 is 2.06 bits per heavy atom. The molecule has 0 amide bonds. The number of anilines is 1. The highest BCUT2D eigenvalue weighted by Gasteiger charge is 2.29. The fourth-order valence-electron chi connectivity index (χ4n) is 4.28. The maximum atomic E-state index is 15.2. The summed E-state index contributed by atoms with van der Waals surface area (Å²) in [5.74, 6) is 0.931. The number of aliphatic hydroxyl groups is 1. The zero-order valence-electron chi connectivity index (χ0n) is 18.1. The average Bonchev–Trinajstić information content (AvgIpc) is 3.33. The lowest BCUT2D eigenvalue weighted by atomic mass is 9.95. The van der Waals surface area contributed by atoms with E-state index in [0.29, 0.717) is 36.2 Å². The van der Waals surface area contributed by atoms with Crippen molar-refractivity contribution in [2.45, 2.75) is 45.4 Å². The number of hydrogen-bond acceptors (Lipinski definition) is 6. The van der Waals surface area contributed by atoms with Crippen LogP contribution < -0.4 is 5.01 Å². The van der Waals surface area contributed by atoms with E-state index >= 15 is 4.39 Å². The number of aromatic nitrogens is 3. The lowest BCUT2D eigenvalue weighted by Gasteiger charge is -2.20.